The number of piperidine rings is 1. The number of likely N-dealkylation sites (tertiary alicyclic amines) is 1. The number of rotatable bonds is 10. The zero-order chi connectivity index (χ0) is 21.2. The maximum absolute atomic E-state index is 12.4. The van der Waals surface area contributed by atoms with Crippen molar-refractivity contribution in [3.05, 3.63) is 59.1 Å². The molecular formula is C24H31ClN2O2S. The zero-order valence-electron chi connectivity index (χ0n) is 17.6. The van der Waals surface area contributed by atoms with Crippen molar-refractivity contribution in [2.45, 2.75) is 43.0 Å². The van der Waals surface area contributed by atoms with E-state index in [-0.39, 0.29) is 11.9 Å². The molecule has 162 valence electrons. The number of ether oxygens (including phenoxy) is 1. The minimum Gasteiger partial charge on any atom is -0.497 e. The molecule has 1 heterocycles. The summed E-state index contributed by atoms with van der Waals surface area (Å²) in [6, 6.07) is 16.3. The van der Waals surface area contributed by atoms with Crippen LogP contribution in [0.3, 0.4) is 0 Å². The lowest BCUT2D eigenvalue weighted by molar-refractivity contribution is -0.121. The quantitative estimate of drug-likeness (QED) is 0.383. The standard InChI is InChI=1S/C24H31ClN2O2S/c1-29-21-11-7-19(8-12-21)23(27-15-3-2-4-16-27)18-26-24(28)6-5-17-30-22-13-9-20(25)10-14-22/h7-14,23H,2-6,15-18H2,1H3,(H,26,28). The van der Waals surface area contributed by atoms with Gasteiger partial charge in [0, 0.05) is 22.9 Å². The van der Waals surface area contributed by atoms with Crippen molar-refractivity contribution in [3.63, 3.8) is 0 Å². The molecule has 2 aromatic rings. The van der Waals surface area contributed by atoms with Crippen LogP contribution in [0, 0.1) is 0 Å². The molecule has 0 aliphatic carbocycles. The van der Waals surface area contributed by atoms with Gasteiger partial charge < -0.3 is 10.1 Å². The fraction of sp³-hybridized carbons (Fsp3) is 0.458. The monoisotopic (exact) mass is 446 g/mol. The Bertz CT molecular complexity index is 777. The number of benzene rings is 2. The first-order chi connectivity index (χ1) is 14.7. The highest BCUT2D eigenvalue weighted by atomic mass is 35.5. The van der Waals surface area contributed by atoms with Gasteiger partial charge >= 0.3 is 0 Å². The highest BCUT2D eigenvalue weighted by molar-refractivity contribution is 7.99. The lowest BCUT2D eigenvalue weighted by Crippen LogP contribution is -2.40. The molecule has 0 bridgehead atoms. The molecule has 1 atom stereocenters. The van der Waals surface area contributed by atoms with E-state index < -0.39 is 0 Å². The molecule has 0 saturated carbocycles. The van der Waals surface area contributed by atoms with Gasteiger partial charge in [-0.3, -0.25) is 9.69 Å². The van der Waals surface area contributed by atoms with Crippen LogP contribution in [0.4, 0.5) is 0 Å². The molecule has 4 nitrogen and oxygen atoms in total. The predicted octanol–water partition coefficient (Wildman–Crippen LogP) is 5.56. The molecule has 1 fully saturated rings. The van der Waals surface area contributed by atoms with Crippen LogP contribution in [0.15, 0.2) is 53.4 Å². The molecule has 1 saturated heterocycles. The average molecular weight is 447 g/mol. The van der Waals surface area contributed by atoms with Crippen molar-refractivity contribution in [2.24, 2.45) is 0 Å². The van der Waals surface area contributed by atoms with Gasteiger partial charge in [-0.05, 0) is 80.1 Å². The summed E-state index contributed by atoms with van der Waals surface area (Å²) in [6.45, 7) is 2.82. The molecule has 2 aromatic carbocycles. The third kappa shape index (κ3) is 7.22. The number of carbonyl (C=O) groups excluding carboxylic acids is 1. The summed E-state index contributed by atoms with van der Waals surface area (Å²) < 4.78 is 5.29. The van der Waals surface area contributed by atoms with E-state index in [1.165, 1.54) is 29.7 Å². The third-order valence-electron chi connectivity index (χ3n) is 5.46. The molecule has 3 rings (SSSR count). The first kappa shape index (κ1) is 23.0. The number of amides is 1. The van der Waals surface area contributed by atoms with E-state index in [1.807, 2.05) is 36.4 Å². The Morgan fingerprint density at radius 1 is 1.10 bits per heavy atom. The normalized spacial score (nSPS) is 15.5. The summed E-state index contributed by atoms with van der Waals surface area (Å²) in [5, 5.41) is 3.92. The van der Waals surface area contributed by atoms with Gasteiger partial charge in [0.1, 0.15) is 5.75 Å². The molecule has 30 heavy (non-hydrogen) atoms. The van der Waals surface area contributed by atoms with Crippen LogP contribution >= 0.6 is 23.4 Å². The Labute approximate surface area is 189 Å². The number of nitrogens with one attached hydrogen (secondary N) is 1. The summed E-state index contributed by atoms with van der Waals surface area (Å²) >= 11 is 7.68. The van der Waals surface area contributed by atoms with Gasteiger partial charge in [0.05, 0.1) is 13.2 Å². The van der Waals surface area contributed by atoms with Gasteiger partial charge in [0.2, 0.25) is 5.91 Å². The molecule has 0 radical (unpaired) electrons. The lowest BCUT2D eigenvalue weighted by atomic mass is 10.0. The molecule has 0 spiro atoms. The first-order valence-electron chi connectivity index (χ1n) is 10.7. The molecule has 1 aliphatic rings. The zero-order valence-corrected chi connectivity index (χ0v) is 19.2. The number of carbonyl (C=O) groups is 1. The Hall–Kier alpha value is -1.69. The maximum atomic E-state index is 12.4. The summed E-state index contributed by atoms with van der Waals surface area (Å²) in [7, 11) is 1.68. The Kier molecular flexibility index (Phi) is 9.37. The van der Waals surface area contributed by atoms with E-state index in [9.17, 15) is 4.79 Å². The largest absolute Gasteiger partial charge is 0.497 e. The number of halogens is 1. The average Bonchev–Trinajstić information content (AvgIpc) is 2.79. The highest BCUT2D eigenvalue weighted by Gasteiger charge is 2.22. The van der Waals surface area contributed by atoms with Gasteiger partial charge in [-0.15, -0.1) is 11.8 Å². The topological polar surface area (TPSA) is 41.6 Å². The molecule has 6 heteroatoms. The van der Waals surface area contributed by atoms with Crippen molar-refractivity contribution in [2.75, 3.05) is 32.5 Å². The van der Waals surface area contributed by atoms with Crippen molar-refractivity contribution < 1.29 is 9.53 Å². The van der Waals surface area contributed by atoms with Gasteiger partial charge in [-0.1, -0.05) is 30.2 Å². The second-order valence-electron chi connectivity index (χ2n) is 7.60. The van der Waals surface area contributed by atoms with E-state index in [0.717, 1.165) is 36.0 Å². The number of hydrogen-bond acceptors (Lipinski definition) is 4. The third-order valence-corrected chi connectivity index (χ3v) is 6.81. The van der Waals surface area contributed by atoms with Gasteiger partial charge in [-0.25, -0.2) is 0 Å². The number of hydrogen-bond donors (Lipinski definition) is 1. The molecule has 1 N–H and O–H groups in total. The summed E-state index contributed by atoms with van der Waals surface area (Å²) in [5.74, 6) is 1.91. The van der Waals surface area contributed by atoms with Crippen LogP contribution in [0.2, 0.25) is 5.02 Å². The number of thioether (sulfide) groups is 1. The van der Waals surface area contributed by atoms with Crippen molar-refractivity contribution in [1.82, 2.24) is 10.2 Å². The van der Waals surface area contributed by atoms with Crippen LogP contribution in [0.25, 0.3) is 0 Å². The maximum Gasteiger partial charge on any atom is 0.220 e. The van der Waals surface area contributed by atoms with Gasteiger partial charge in [0.15, 0.2) is 0 Å². The van der Waals surface area contributed by atoms with Crippen molar-refractivity contribution >= 4 is 29.3 Å². The van der Waals surface area contributed by atoms with E-state index in [4.69, 9.17) is 16.3 Å². The molecule has 1 aliphatic heterocycles. The minimum absolute atomic E-state index is 0.127. The van der Waals surface area contributed by atoms with Gasteiger partial charge in [-0.2, -0.15) is 0 Å². The van der Waals surface area contributed by atoms with E-state index in [1.54, 1.807) is 18.9 Å². The van der Waals surface area contributed by atoms with Crippen LogP contribution in [-0.2, 0) is 4.79 Å². The van der Waals surface area contributed by atoms with E-state index in [0.29, 0.717) is 13.0 Å². The minimum atomic E-state index is 0.127. The smallest absolute Gasteiger partial charge is 0.220 e. The van der Waals surface area contributed by atoms with Crippen LogP contribution in [0.5, 0.6) is 5.75 Å². The van der Waals surface area contributed by atoms with Crippen molar-refractivity contribution in [3.8, 4) is 5.75 Å². The second kappa shape index (κ2) is 12.2. The van der Waals surface area contributed by atoms with E-state index in [2.05, 4.69) is 22.3 Å². The molecular weight excluding hydrogens is 416 g/mol. The summed E-state index contributed by atoms with van der Waals surface area (Å²) in [5.41, 5.74) is 1.23. The first-order valence-corrected chi connectivity index (χ1v) is 12.0. The Balaban J connectivity index is 1.47. The fourth-order valence-corrected chi connectivity index (χ4v) is 4.75. The summed E-state index contributed by atoms with van der Waals surface area (Å²) in [6.07, 6.45) is 5.15. The number of nitrogens with zero attached hydrogens (tertiary/aromatic N) is 1. The van der Waals surface area contributed by atoms with Crippen LogP contribution in [-0.4, -0.2) is 43.3 Å². The second-order valence-corrected chi connectivity index (χ2v) is 9.20. The van der Waals surface area contributed by atoms with Crippen molar-refractivity contribution in [1.29, 1.82) is 0 Å². The highest BCUT2D eigenvalue weighted by Crippen LogP contribution is 2.26. The summed E-state index contributed by atoms with van der Waals surface area (Å²) in [4.78, 5) is 16.1. The molecule has 1 amide bonds. The Morgan fingerprint density at radius 3 is 2.47 bits per heavy atom. The lowest BCUT2D eigenvalue weighted by Gasteiger charge is -2.35. The predicted molar refractivity (Wildman–Crippen MR) is 126 cm³/mol. The molecule has 1 unspecified atom stereocenters. The SMILES string of the molecule is COc1ccc(C(CNC(=O)CCCSc2ccc(Cl)cc2)N2CCCCC2)cc1. The van der Waals surface area contributed by atoms with E-state index >= 15 is 0 Å². The van der Waals surface area contributed by atoms with Gasteiger partial charge in [0.25, 0.3) is 0 Å². The van der Waals surface area contributed by atoms with Crippen LogP contribution in [0.1, 0.15) is 43.7 Å². The number of methoxy groups -OCH3 is 1. The van der Waals surface area contributed by atoms with Crippen LogP contribution < -0.4 is 10.1 Å². The fourth-order valence-electron chi connectivity index (χ4n) is 3.77. The Morgan fingerprint density at radius 2 is 1.80 bits per heavy atom. The molecule has 0 aromatic heterocycles.